The minimum atomic E-state index is -0.756. The Labute approximate surface area is 205 Å². The van der Waals surface area contributed by atoms with Crippen molar-refractivity contribution in [1.82, 2.24) is 9.88 Å². The molecular formula is C28H29N3O4. The second-order valence-corrected chi connectivity index (χ2v) is 8.65. The maximum absolute atomic E-state index is 13.2. The average molecular weight is 472 g/mol. The first-order valence-corrected chi connectivity index (χ1v) is 11.8. The summed E-state index contributed by atoms with van der Waals surface area (Å²) in [7, 11) is 0. The third kappa shape index (κ3) is 5.19. The maximum atomic E-state index is 13.2. The summed E-state index contributed by atoms with van der Waals surface area (Å²) in [6.07, 6.45) is 4.22. The molecule has 7 nitrogen and oxygen atoms in total. The van der Waals surface area contributed by atoms with Crippen LogP contribution in [0.1, 0.15) is 43.5 Å². The molecule has 1 aliphatic rings. The summed E-state index contributed by atoms with van der Waals surface area (Å²) >= 11 is 0. The molecule has 4 amide bonds. The van der Waals surface area contributed by atoms with Gasteiger partial charge in [0.15, 0.2) is 0 Å². The van der Waals surface area contributed by atoms with E-state index in [0.717, 1.165) is 28.2 Å². The quantitative estimate of drug-likeness (QED) is 0.374. The molecule has 0 radical (unpaired) electrons. The smallest absolute Gasteiger partial charge is 0.335 e. The molecule has 1 aliphatic heterocycles. The zero-order valence-corrected chi connectivity index (χ0v) is 20.2. The number of amides is 4. The van der Waals surface area contributed by atoms with Gasteiger partial charge in [0.1, 0.15) is 17.9 Å². The molecule has 2 aromatic carbocycles. The van der Waals surface area contributed by atoms with Gasteiger partial charge in [-0.25, -0.2) is 9.69 Å². The normalized spacial score (nSPS) is 15.1. The number of nitrogens with one attached hydrogen (secondary N) is 1. The zero-order chi connectivity index (χ0) is 24.9. The summed E-state index contributed by atoms with van der Waals surface area (Å²) in [5.41, 5.74) is 3.20. The van der Waals surface area contributed by atoms with Gasteiger partial charge in [0.25, 0.3) is 11.8 Å². The van der Waals surface area contributed by atoms with Crippen molar-refractivity contribution < 1.29 is 19.1 Å². The Morgan fingerprint density at radius 2 is 1.71 bits per heavy atom. The number of nitrogens with zero attached hydrogens (tertiary/aromatic N) is 2. The zero-order valence-electron chi connectivity index (χ0n) is 20.2. The number of benzene rings is 2. The lowest BCUT2D eigenvalue weighted by molar-refractivity contribution is -0.122. The Balaban J connectivity index is 1.52. The Hall–Kier alpha value is -4.13. The second-order valence-electron chi connectivity index (χ2n) is 8.65. The van der Waals surface area contributed by atoms with Gasteiger partial charge in [0.05, 0.1) is 12.2 Å². The molecule has 0 spiro atoms. The average Bonchev–Trinajstić information content (AvgIpc) is 3.29. The topological polar surface area (TPSA) is 80.6 Å². The number of hydrogen-bond donors (Lipinski definition) is 1. The largest absolute Gasteiger partial charge is 0.491 e. The number of rotatable bonds is 8. The van der Waals surface area contributed by atoms with Crippen LogP contribution in [-0.2, 0) is 22.6 Å². The van der Waals surface area contributed by atoms with Gasteiger partial charge >= 0.3 is 6.03 Å². The first-order valence-electron chi connectivity index (χ1n) is 11.8. The number of imide groups is 2. The van der Waals surface area contributed by atoms with E-state index < -0.39 is 17.8 Å². The van der Waals surface area contributed by atoms with Crippen LogP contribution in [0.4, 0.5) is 10.5 Å². The first-order chi connectivity index (χ1) is 16.9. The van der Waals surface area contributed by atoms with Gasteiger partial charge in [-0.15, -0.1) is 0 Å². The lowest BCUT2D eigenvalue weighted by Gasteiger charge is -2.26. The molecule has 7 heteroatoms. The fourth-order valence-corrected chi connectivity index (χ4v) is 4.03. The third-order valence-corrected chi connectivity index (χ3v) is 5.99. The molecule has 0 aliphatic carbocycles. The van der Waals surface area contributed by atoms with Crippen LogP contribution in [-0.4, -0.2) is 29.0 Å². The van der Waals surface area contributed by atoms with Gasteiger partial charge in [0, 0.05) is 11.9 Å². The van der Waals surface area contributed by atoms with E-state index in [9.17, 15) is 14.4 Å². The van der Waals surface area contributed by atoms with Gasteiger partial charge < -0.3 is 9.30 Å². The van der Waals surface area contributed by atoms with Crippen LogP contribution in [0, 0.1) is 0 Å². The fraction of sp³-hybridized carbons (Fsp3) is 0.250. The highest BCUT2D eigenvalue weighted by atomic mass is 16.5. The summed E-state index contributed by atoms with van der Waals surface area (Å²) in [6.45, 7) is 7.21. The minimum Gasteiger partial charge on any atom is -0.491 e. The fourth-order valence-electron chi connectivity index (χ4n) is 4.03. The lowest BCUT2D eigenvalue weighted by Crippen LogP contribution is -2.54. The number of para-hydroxylation sites is 1. The second kappa shape index (κ2) is 10.4. The van der Waals surface area contributed by atoms with Gasteiger partial charge in [-0.2, -0.15) is 0 Å². The molecule has 0 unspecified atom stereocenters. The summed E-state index contributed by atoms with van der Waals surface area (Å²) < 4.78 is 7.93. The van der Waals surface area contributed by atoms with Crippen molar-refractivity contribution >= 4 is 29.6 Å². The standard InChI is InChI=1S/C28H29N3O4/c1-4-20-11-13-21(14-12-20)31-27(33)24(26(32)29-28(31)34)18-22-8-7-15-30(22)16-17-35-25-10-6-5-9-23(25)19(2)3/h5-15,18-19H,4,16-17H2,1-3H3,(H,29,32,34). The predicted octanol–water partition coefficient (Wildman–Crippen LogP) is 4.92. The Morgan fingerprint density at radius 3 is 2.43 bits per heavy atom. The molecule has 1 aromatic heterocycles. The lowest BCUT2D eigenvalue weighted by atomic mass is 10.0. The molecule has 1 fully saturated rings. The van der Waals surface area contributed by atoms with E-state index in [2.05, 4.69) is 25.2 Å². The van der Waals surface area contributed by atoms with Gasteiger partial charge in [-0.3, -0.25) is 14.9 Å². The van der Waals surface area contributed by atoms with Crippen molar-refractivity contribution in [3.63, 3.8) is 0 Å². The van der Waals surface area contributed by atoms with E-state index in [1.54, 1.807) is 12.1 Å². The number of urea groups is 1. The molecule has 3 aromatic rings. The van der Waals surface area contributed by atoms with Crippen LogP contribution < -0.4 is 15.0 Å². The Kier molecular flexibility index (Phi) is 7.15. The highest BCUT2D eigenvalue weighted by Gasteiger charge is 2.36. The number of aryl methyl sites for hydroxylation is 1. The molecule has 0 saturated carbocycles. The molecule has 0 atom stereocenters. The maximum Gasteiger partial charge on any atom is 0.335 e. The third-order valence-electron chi connectivity index (χ3n) is 5.99. The van der Waals surface area contributed by atoms with Gasteiger partial charge in [0.2, 0.25) is 0 Å². The van der Waals surface area contributed by atoms with Crippen LogP contribution >= 0.6 is 0 Å². The number of anilines is 1. The van der Waals surface area contributed by atoms with Crippen molar-refractivity contribution in [1.29, 1.82) is 0 Å². The summed E-state index contributed by atoms with van der Waals surface area (Å²) in [4.78, 5) is 39.2. The van der Waals surface area contributed by atoms with Crippen LogP contribution in [0.2, 0.25) is 0 Å². The van der Waals surface area contributed by atoms with Crippen molar-refractivity contribution in [2.45, 2.75) is 39.7 Å². The van der Waals surface area contributed by atoms with Crippen LogP contribution in [0.5, 0.6) is 5.75 Å². The van der Waals surface area contributed by atoms with E-state index in [-0.39, 0.29) is 5.57 Å². The highest BCUT2D eigenvalue weighted by Crippen LogP contribution is 2.26. The van der Waals surface area contributed by atoms with Gasteiger partial charge in [-0.1, -0.05) is 51.1 Å². The monoisotopic (exact) mass is 471 g/mol. The van der Waals surface area contributed by atoms with Crippen LogP contribution in [0.25, 0.3) is 6.08 Å². The number of carbonyl (C=O) groups is 3. The number of ether oxygens (including phenoxy) is 1. The minimum absolute atomic E-state index is 0.102. The van der Waals surface area contributed by atoms with Crippen molar-refractivity contribution in [2.75, 3.05) is 11.5 Å². The SMILES string of the molecule is CCc1ccc(N2C(=O)NC(=O)C(=Cc3cccn3CCOc3ccccc3C(C)C)C2=O)cc1. The number of carbonyl (C=O) groups excluding carboxylic acids is 3. The van der Waals surface area contributed by atoms with E-state index in [1.165, 1.54) is 6.08 Å². The molecule has 0 bridgehead atoms. The van der Waals surface area contributed by atoms with Crippen molar-refractivity contribution in [3.05, 3.63) is 89.3 Å². The Bertz CT molecular complexity index is 1270. The van der Waals surface area contributed by atoms with E-state index in [1.807, 2.05) is 60.2 Å². The van der Waals surface area contributed by atoms with Crippen molar-refractivity contribution in [3.8, 4) is 5.75 Å². The summed E-state index contributed by atoms with van der Waals surface area (Å²) in [5, 5.41) is 2.28. The molecule has 2 heterocycles. The van der Waals surface area contributed by atoms with E-state index >= 15 is 0 Å². The van der Waals surface area contributed by atoms with E-state index in [4.69, 9.17) is 4.74 Å². The van der Waals surface area contributed by atoms with Crippen molar-refractivity contribution in [2.24, 2.45) is 0 Å². The molecule has 4 rings (SSSR count). The molecule has 1 saturated heterocycles. The summed E-state index contributed by atoms with van der Waals surface area (Å²) in [6, 6.07) is 18.0. The highest BCUT2D eigenvalue weighted by molar-refractivity contribution is 6.39. The first kappa shape index (κ1) is 24.0. The molecular weight excluding hydrogens is 442 g/mol. The molecule has 35 heavy (non-hydrogen) atoms. The van der Waals surface area contributed by atoms with Crippen LogP contribution in [0.15, 0.2) is 72.4 Å². The van der Waals surface area contributed by atoms with E-state index in [0.29, 0.717) is 30.5 Å². The number of hydrogen-bond acceptors (Lipinski definition) is 4. The number of aromatic nitrogens is 1. The Morgan fingerprint density at radius 1 is 0.971 bits per heavy atom. The van der Waals surface area contributed by atoms with Crippen LogP contribution in [0.3, 0.4) is 0 Å². The molecule has 180 valence electrons. The summed E-state index contributed by atoms with van der Waals surface area (Å²) in [5.74, 6) is -0.175. The number of barbiturate groups is 1. The predicted molar refractivity (Wildman–Crippen MR) is 135 cm³/mol. The molecule has 1 N–H and O–H groups in total. The van der Waals surface area contributed by atoms with Gasteiger partial charge in [-0.05, 0) is 59.9 Å².